The molecule has 2 N–H and O–H groups in total. The highest BCUT2D eigenvalue weighted by Crippen LogP contribution is 2.26. The number of nitrogens with one attached hydrogen (secondary N) is 1. The van der Waals surface area contributed by atoms with Crippen molar-refractivity contribution in [3.8, 4) is 0 Å². The van der Waals surface area contributed by atoms with E-state index >= 15 is 0 Å². The van der Waals surface area contributed by atoms with Crippen LogP contribution in [0.1, 0.15) is 57.1 Å². The lowest BCUT2D eigenvalue weighted by Crippen LogP contribution is -2.47. The molecule has 2 fully saturated rings. The molecule has 0 bridgehead atoms. The molecule has 1 atom stereocenters. The largest absolute Gasteiger partial charge is 0.386 e. The molecule has 1 unspecified atom stereocenters. The number of guanidine groups is 1. The minimum Gasteiger partial charge on any atom is -0.386 e. The average Bonchev–Trinajstić information content (AvgIpc) is 3.24. The molecule has 0 aromatic heterocycles. The van der Waals surface area contributed by atoms with Crippen LogP contribution in [0.15, 0.2) is 29.3 Å². The summed E-state index contributed by atoms with van der Waals surface area (Å²) in [4.78, 5) is 6.86. The van der Waals surface area contributed by atoms with Crippen LogP contribution in [0.3, 0.4) is 0 Å². The molecule has 1 aliphatic carbocycles. The zero-order valence-corrected chi connectivity index (χ0v) is 16.9. The van der Waals surface area contributed by atoms with Gasteiger partial charge in [0.05, 0.1) is 18.8 Å². The first-order valence-corrected chi connectivity index (χ1v) is 10.7. The van der Waals surface area contributed by atoms with Gasteiger partial charge in [-0.2, -0.15) is 0 Å². The van der Waals surface area contributed by atoms with Gasteiger partial charge >= 0.3 is 0 Å². The fourth-order valence-corrected chi connectivity index (χ4v) is 4.07. The summed E-state index contributed by atoms with van der Waals surface area (Å²) in [5.41, 5.74) is 0.681. The number of hydrogen-bond acceptors (Lipinski definition) is 3. The smallest absolute Gasteiger partial charge is 0.194 e. The summed E-state index contributed by atoms with van der Waals surface area (Å²) in [7, 11) is 0. The lowest BCUT2D eigenvalue weighted by atomic mass is 10.1. The Bertz CT molecular complexity index is 609. The van der Waals surface area contributed by atoms with Crippen LogP contribution in [0.4, 0.5) is 4.39 Å². The SMILES string of the molecule is CCNC(=NCC(O)c1ccc(F)cc1)N1CCC(OCC2CCCC2)CC1. The van der Waals surface area contributed by atoms with Crippen LogP contribution in [0, 0.1) is 11.7 Å². The fourth-order valence-electron chi connectivity index (χ4n) is 4.07. The highest BCUT2D eigenvalue weighted by atomic mass is 19.1. The molecule has 156 valence electrons. The Morgan fingerprint density at radius 1 is 1.21 bits per heavy atom. The van der Waals surface area contributed by atoms with E-state index in [1.54, 1.807) is 12.1 Å². The minimum atomic E-state index is -0.735. The molecule has 3 rings (SSSR count). The van der Waals surface area contributed by atoms with Gasteiger partial charge in [-0.15, -0.1) is 0 Å². The van der Waals surface area contributed by atoms with E-state index in [1.165, 1.54) is 37.8 Å². The standard InChI is InChI=1S/C22H34FN3O2/c1-2-24-22(25-15-21(27)18-7-9-19(23)10-8-18)26-13-11-20(12-14-26)28-16-17-5-3-4-6-17/h7-10,17,20-21,27H,2-6,11-16H2,1H3,(H,24,25). The second-order valence-electron chi connectivity index (χ2n) is 7.93. The summed E-state index contributed by atoms with van der Waals surface area (Å²) in [5, 5.41) is 13.7. The maximum absolute atomic E-state index is 13.0. The molecule has 0 amide bonds. The number of ether oxygens (including phenoxy) is 1. The van der Waals surface area contributed by atoms with Crippen molar-refractivity contribution in [3.63, 3.8) is 0 Å². The molecule has 1 aromatic rings. The van der Waals surface area contributed by atoms with E-state index in [1.807, 2.05) is 6.92 Å². The molecule has 1 saturated heterocycles. The Morgan fingerprint density at radius 3 is 2.54 bits per heavy atom. The zero-order chi connectivity index (χ0) is 19.8. The Kier molecular flexibility index (Phi) is 8.10. The van der Waals surface area contributed by atoms with Crippen LogP contribution >= 0.6 is 0 Å². The van der Waals surface area contributed by atoms with Crippen molar-refractivity contribution in [3.05, 3.63) is 35.6 Å². The van der Waals surface area contributed by atoms with Gasteiger partial charge in [0.1, 0.15) is 5.82 Å². The third kappa shape index (κ3) is 6.17. The number of aliphatic hydroxyl groups excluding tert-OH is 1. The Labute approximate surface area is 168 Å². The number of benzene rings is 1. The van der Waals surface area contributed by atoms with Crippen molar-refractivity contribution >= 4 is 5.96 Å². The summed E-state index contributed by atoms with van der Waals surface area (Å²) < 4.78 is 19.2. The number of nitrogens with zero attached hydrogens (tertiary/aromatic N) is 2. The molecule has 0 radical (unpaired) electrons. The summed E-state index contributed by atoms with van der Waals surface area (Å²) in [6.07, 6.45) is 7.01. The molecule has 28 heavy (non-hydrogen) atoms. The number of hydrogen-bond donors (Lipinski definition) is 2. The number of piperidine rings is 1. The van der Waals surface area contributed by atoms with Crippen molar-refractivity contribution in [2.75, 3.05) is 32.8 Å². The molecule has 1 saturated carbocycles. The van der Waals surface area contributed by atoms with Crippen molar-refractivity contribution in [2.24, 2.45) is 10.9 Å². The first kappa shape index (κ1) is 21.1. The maximum Gasteiger partial charge on any atom is 0.194 e. The van der Waals surface area contributed by atoms with Crippen LogP contribution in [0.5, 0.6) is 0 Å². The first-order valence-electron chi connectivity index (χ1n) is 10.7. The third-order valence-electron chi connectivity index (χ3n) is 5.79. The number of likely N-dealkylation sites (tertiary alicyclic amines) is 1. The predicted octanol–water partition coefficient (Wildman–Crippen LogP) is 3.50. The summed E-state index contributed by atoms with van der Waals surface area (Å²) in [6.45, 7) is 5.82. The van der Waals surface area contributed by atoms with Crippen LogP contribution in [0.25, 0.3) is 0 Å². The van der Waals surface area contributed by atoms with Gasteiger partial charge < -0.3 is 20.1 Å². The Balaban J connectivity index is 1.47. The second-order valence-corrected chi connectivity index (χ2v) is 7.93. The van der Waals surface area contributed by atoms with Crippen molar-refractivity contribution in [1.82, 2.24) is 10.2 Å². The van der Waals surface area contributed by atoms with E-state index < -0.39 is 6.10 Å². The minimum absolute atomic E-state index is 0.256. The van der Waals surface area contributed by atoms with Gasteiger partial charge in [0.15, 0.2) is 5.96 Å². The fraction of sp³-hybridized carbons (Fsp3) is 0.682. The zero-order valence-electron chi connectivity index (χ0n) is 16.9. The van der Waals surface area contributed by atoms with Gasteiger partial charge in [0, 0.05) is 26.2 Å². The monoisotopic (exact) mass is 391 g/mol. The topological polar surface area (TPSA) is 57.1 Å². The van der Waals surface area contributed by atoms with E-state index in [0.717, 1.165) is 51.0 Å². The van der Waals surface area contributed by atoms with Gasteiger partial charge in [-0.05, 0) is 56.2 Å². The van der Waals surface area contributed by atoms with E-state index in [-0.39, 0.29) is 12.4 Å². The molecule has 2 aliphatic rings. The Hall–Kier alpha value is -1.66. The van der Waals surface area contributed by atoms with Crippen molar-refractivity contribution in [1.29, 1.82) is 0 Å². The van der Waals surface area contributed by atoms with E-state index in [0.29, 0.717) is 11.7 Å². The highest BCUT2D eigenvalue weighted by Gasteiger charge is 2.24. The van der Waals surface area contributed by atoms with E-state index in [2.05, 4.69) is 15.2 Å². The number of rotatable bonds is 7. The molecule has 0 spiro atoms. The van der Waals surface area contributed by atoms with Crippen LogP contribution < -0.4 is 5.32 Å². The molecular weight excluding hydrogens is 357 g/mol. The molecule has 5 nitrogen and oxygen atoms in total. The lowest BCUT2D eigenvalue weighted by molar-refractivity contribution is 0.000979. The predicted molar refractivity (Wildman–Crippen MR) is 110 cm³/mol. The van der Waals surface area contributed by atoms with Crippen molar-refractivity contribution < 1.29 is 14.2 Å². The molecule has 1 aliphatic heterocycles. The summed E-state index contributed by atoms with van der Waals surface area (Å²) >= 11 is 0. The van der Waals surface area contributed by atoms with Crippen LogP contribution in [-0.2, 0) is 4.74 Å². The first-order chi connectivity index (χ1) is 13.7. The van der Waals surface area contributed by atoms with Gasteiger partial charge in [-0.25, -0.2) is 4.39 Å². The summed E-state index contributed by atoms with van der Waals surface area (Å²) in [6, 6.07) is 5.94. The van der Waals surface area contributed by atoms with Crippen LogP contribution in [-0.4, -0.2) is 54.9 Å². The number of halogens is 1. The van der Waals surface area contributed by atoms with Gasteiger partial charge in [0.2, 0.25) is 0 Å². The molecule has 6 heteroatoms. The lowest BCUT2D eigenvalue weighted by Gasteiger charge is -2.34. The quantitative estimate of drug-likeness (QED) is 0.552. The van der Waals surface area contributed by atoms with E-state index in [4.69, 9.17) is 4.74 Å². The Morgan fingerprint density at radius 2 is 1.89 bits per heavy atom. The van der Waals surface area contributed by atoms with Crippen LogP contribution in [0.2, 0.25) is 0 Å². The normalized spacial score (nSPS) is 20.5. The molecule has 1 heterocycles. The van der Waals surface area contributed by atoms with Crippen molar-refractivity contribution in [2.45, 2.75) is 57.7 Å². The van der Waals surface area contributed by atoms with Gasteiger partial charge in [-0.1, -0.05) is 25.0 Å². The molecule has 1 aromatic carbocycles. The summed E-state index contributed by atoms with van der Waals surface area (Å²) in [5.74, 6) is 1.30. The molecular formula is C22H34FN3O2. The maximum atomic E-state index is 13.0. The van der Waals surface area contributed by atoms with Gasteiger partial charge in [-0.3, -0.25) is 4.99 Å². The highest BCUT2D eigenvalue weighted by molar-refractivity contribution is 5.80. The van der Waals surface area contributed by atoms with Gasteiger partial charge in [0.25, 0.3) is 0 Å². The average molecular weight is 392 g/mol. The van der Waals surface area contributed by atoms with E-state index in [9.17, 15) is 9.50 Å². The number of aliphatic hydroxyl groups is 1. The third-order valence-corrected chi connectivity index (χ3v) is 5.79. The number of aliphatic imine (C=N–C) groups is 1. The second kappa shape index (κ2) is 10.8.